The van der Waals surface area contributed by atoms with Gasteiger partial charge in [0.1, 0.15) is 5.82 Å². The lowest BCUT2D eigenvalue weighted by Gasteiger charge is -2.32. The number of nitrogens with zero attached hydrogens (tertiary/aromatic N) is 1. The molecule has 1 aliphatic carbocycles. The molecule has 1 aromatic carbocycles. The highest BCUT2D eigenvalue weighted by atomic mass is 19.1. The number of carbonyl (C=O) groups excluding carboxylic acids is 1. The molecule has 3 nitrogen and oxygen atoms in total. The monoisotopic (exact) mass is 277 g/mol. The van der Waals surface area contributed by atoms with Gasteiger partial charge in [-0.3, -0.25) is 4.79 Å². The van der Waals surface area contributed by atoms with Crippen LogP contribution in [0.15, 0.2) is 24.3 Å². The summed E-state index contributed by atoms with van der Waals surface area (Å²) < 4.78 is 13.5. The molecule has 0 bridgehead atoms. The Morgan fingerprint density at radius 1 is 1.35 bits per heavy atom. The lowest BCUT2D eigenvalue weighted by atomic mass is 9.77. The van der Waals surface area contributed by atoms with Crippen molar-refractivity contribution in [3.05, 3.63) is 35.6 Å². The molecule has 0 aromatic heterocycles. The number of benzene rings is 1. The number of amides is 1. The fourth-order valence-electron chi connectivity index (χ4n) is 3.62. The number of hydrogen-bond donors (Lipinski definition) is 1. The first-order valence-corrected chi connectivity index (χ1v) is 7.35. The number of β-amino-alcohol motifs (C(OH)–C–C–N with tert-alkyl or cyclic N) is 1. The summed E-state index contributed by atoms with van der Waals surface area (Å²) in [6.07, 6.45) is 3.79. The van der Waals surface area contributed by atoms with Gasteiger partial charge in [-0.15, -0.1) is 0 Å². The number of carbonyl (C=O) groups is 1. The van der Waals surface area contributed by atoms with Crippen LogP contribution in [0.1, 0.15) is 37.7 Å². The number of halogens is 1. The van der Waals surface area contributed by atoms with Crippen LogP contribution in [-0.4, -0.2) is 35.1 Å². The van der Waals surface area contributed by atoms with Crippen molar-refractivity contribution < 1.29 is 14.3 Å². The molecular weight excluding hydrogens is 257 g/mol. The summed E-state index contributed by atoms with van der Waals surface area (Å²) in [6, 6.07) is 6.45. The molecule has 3 rings (SSSR count). The Labute approximate surface area is 118 Å². The van der Waals surface area contributed by atoms with Gasteiger partial charge < -0.3 is 10.0 Å². The molecule has 1 heterocycles. The molecule has 0 unspecified atom stereocenters. The second-order valence-electron chi connectivity index (χ2n) is 5.99. The Morgan fingerprint density at radius 2 is 2.10 bits per heavy atom. The minimum Gasteiger partial charge on any atom is -0.391 e. The summed E-state index contributed by atoms with van der Waals surface area (Å²) in [6.45, 7) is 1.02. The van der Waals surface area contributed by atoms with E-state index >= 15 is 0 Å². The Balaban J connectivity index is 1.93. The number of hydrogen-bond acceptors (Lipinski definition) is 2. The highest BCUT2D eigenvalue weighted by Crippen LogP contribution is 2.43. The van der Waals surface area contributed by atoms with Crippen molar-refractivity contribution in [1.82, 2.24) is 4.90 Å². The zero-order valence-corrected chi connectivity index (χ0v) is 11.5. The quantitative estimate of drug-likeness (QED) is 0.900. The first-order valence-electron chi connectivity index (χ1n) is 7.35. The average molecular weight is 277 g/mol. The molecule has 1 aromatic rings. The molecular formula is C16H20FNO2. The third kappa shape index (κ3) is 2.22. The van der Waals surface area contributed by atoms with Gasteiger partial charge in [-0.05, 0) is 37.0 Å². The minimum atomic E-state index is -0.577. The maximum atomic E-state index is 13.5. The molecule has 0 radical (unpaired) electrons. The zero-order valence-electron chi connectivity index (χ0n) is 11.5. The van der Waals surface area contributed by atoms with E-state index in [1.807, 2.05) is 6.07 Å². The summed E-state index contributed by atoms with van der Waals surface area (Å²) in [5, 5.41) is 9.64. The fraction of sp³-hybridized carbons (Fsp3) is 0.562. The predicted molar refractivity (Wildman–Crippen MR) is 73.7 cm³/mol. The summed E-state index contributed by atoms with van der Waals surface area (Å²) in [4.78, 5) is 14.7. The van der Waals surface area contributed by atoms with Crippen LogP contribution in [0.2, 0.25) is 0 Å². The summed E-state index contributed by atoms with van der Waals surface area (Å²) in [5.41, 5.74) is 0.216. The zero-order chi connectivity index (χ0) is 14.2. The van der Waals surface area contributed by atoms with Crippen LogP contribution in [0.3, 0.4) is 0 Å². The van der Waals surface area contributed by atoms with Crippen molar-refractivity contribution in [3.63, 3.8) is 0 Å². The first-order chi connectivity index (χ1) is 9.62. The molecule has 2 fully saturated rings. The van der Waals surface area contributed by atoms with Crippen LogP contribution in [0.5, 0.6) is 0 Å². The standard InChI is InChI=1S/C16H20FNO2/c17-13-5-3-4-12(10-13)16(7-1-2-8-16)15(20)18-9-6-14(19)11-18/h3-5,10,14,19H,1-2,6-9,11H2/t14-/m1/s1. The number of likely N-dealkylation sites (tertiary alicyclic amines) is 1. The molecule has 1 saturated heterocycles. The Bertz CT molecular complexity index is 511. The van der Waals surface area contributed by atoms with E-state index in [-0.39, 0.29) is 11.7 Å². The highest BCUT2D eigenvalue weighted by Gasteiger charge is 2.46. The van der Waals surface area contributed by atoms with Crippen molar-refractivity contribution >= 4 is 5.91 Å². The maximum absolute atomic E-state index is 13.5. The summed E-state index contributed by atoms with van der Waals surface area (Å²) in [5.74, 6) is -0.222. The van der Waals surface area contributed by atoms with Gasteiger partial charge in [-0.2, -0.15) is 0 Å². The SMILES string of the molecule is O=C(N1CC[C@@H](O)C1)C1(c2cccc(F)c2)CCCC1. The van der Waals surface area contributed by atoms with Crippen LogP contribution in [0.25, 0.3) is 0 Å². The van der Waals surface area contributed by atoms with Gasteiger partial charge >= 0.3 is 0 Å². The van der Waals surface area contributed by atoms with Crippen molar-refractivity contribution in [2.75, 3.05) is 13.1 Å². The predicted octanol–water partition coefficient (Wildman–Crippen LogP) is 2.23. The van der Waals surface area contributed by atoms with Crippen LogP contribution in [-0.2, 0) is 10.2 Å². The normalized spacial score (nSPS) is 25.1. The van der Waals surface area contributed by atoms with Gasteiger partial charge in [0.05, 0.1) is 11.5 Å². The van der Waals surface area contributed by atoms with E-state index in [9.17, 15) is 14.3 Å². The lowest BCUT2D eigenvalue weighted by molar-refractivity contribution is -0.136. The Morgan fingerprint density at radius 3 is 2.70 bits per heavy atom. The van der Waals surface area contributed by atoms with Crippen LogP contribution in [0.4, 0.5) is 4.39 Å². The van der Waals surface area contributed by atoms with E-state index in [1.165, 1.54) is 12.1 Å². The summed E-state index contributed by atoms with van der Waals surface area (Å²) in [7, 11) is 0. The lowest BCUT2D eigenvalue weighted by Crippen LogP contribution is -2.44. The van der Waals surface area contributed by atoms with E-state index in [0.717, 1.165) is 31.2 Å². The van der Waals surface area contributed by atoms with Crippen molar-refractivity contribution in [2.45, 2.75) is 43.6 Å². The minimum absolute atomic E-state index is 0.0668. The van der Waals surface area contributed by atoms with Crippen molar-refractivity contribution in [1.29, 1.82) is 0 Å². The molecule has 4 heteroatoms. The smallest absolute Gasteiger partial charge is 0.233 e. The molecule has 0 spiro atoms. The fourth-order valence-corrected chi connectivity index (χ4v) is 3.62. The van der Waals surface area contributed by atoms with E-state index in [4.69, 9.17) is 0 Å². The van der Waals surface area contributed by atoms with Crippen LogP contribution >= 0.6 is 0 Å². The van der Waals surface area contributed by atoms with Crippen molar-refractivity contribution in [2.24, 2.45) is 0 Å². The molecule has 1 saturated carbocycles. The Hall–Kier alpha value is -1.42. The molecule has 2 aliphatic rings. The summed E-state index contributed by atoms with van der Waals surface area (Å²) >= 11 is 0. The average Bonchev–Trinajstić information content (AvgIpc) is 3.07. The largest absolute Gasteiger partial charge is 0.391 e. The van der Waals surface area contributed by atoms with E-state index in [2.05, 4.69) is 0 Å². The number of aliphatic hydroxyl groups is 1. The number of rotatable bonds is 2. The van der Waals surface area contributed by atoms with Gasteiger partial charge in [0, 0.05) is 13.1 Å². The van der Waals surface area contributed by atoms with Crippen LogP contribution < -0.4 is 0 Å². The van der Waals surface area contributed by atoms with E-state index in [1.54, 1.807) is 11.0 Å². The molecule has 20 heavy (non-hydrogen) atoms. The maximum Gasteiger partial charge on any atom is 0.233 e. The second kappa shape index (κ2) is 5.17. The molecule has 1 N–H and O–H groups in total. The van der Waals surface area contributed by atoms with Gasteiger partial charge in [0.15, 0.2) is 0 Å². The van der Waals surface area contributed by atoms with Gasteiger partial charge in [-0.25, -0.2) is 4.39 Å². The van der Waals surface area contributed by atoms with Gasteiger partial charge in [-0.1, -0.05) is 25.0 Å². The van der Waals surface area contributed by atoms with Gasteiger partial charge in [0.2, 0.25) is 5.91 Å². The molecule has 108 valence electrons. The third-order valence-corrected chi connectivity index (χ3v) is 4.69. The van der Waals surface area contributed by atoms with Crippen molar-refractivity contribution in [3.8, 4) is 0 Å². The molecule has 1 atom stereocenters. The Kier molecular flexibility index (Phi) is 3.50. The number of aliphatic hydroxyl groups excluding tert-OH is 1. The van der Waals surface area contributed by atoms with Gasteiger partial charge in [0.25, 0.3) is 0 Å². The molecule has 1 aliphatic heterocycles. The third-order valence-electron chi connectivity index (χ3n) is 4.69. The second-order valence-corrected chi connectivity index (χ2v) is 5.99. The topological polar surface area (TPSA) is 40.5 Å². The highest BCUT2D eigenvalue weighted by molar-refractivity contribution is 5.89. The first kappa shape index (κ1) is 13.6. The van der Waals surface area contributed by atoms with Crippen LogP contribution in [0, 0.1) is 5.82 Å². The molecule has 1 amide bonds. The van der Waals surface area contributed by atoms with E-state index < -0.39 is 11.5 Å². The van der Waals surface area contributed by atoms with E-state index in [0.29, 0.717) is 19.5 Å².